The highest BCUT2D eigenvalue weighted by Crippen LogP contribution is 2.23. The fourth-order valence-corrected chi connectivity index (χ4v) is 1.44. The molecule has 1 heterocycles. The van der Waals surface area contributed by atoms with Crippen LogP contribution in [0.4, 0.5) is 8.78 Å². The summed E-state index contributed by atoms with van der Waals surface area (Å²) in [5.74, 6) is -0.537. The van der Waals surface area contributed by atoms with Gasteiger partial charge in [0.25, 0.3) is 0 Å². The molecule has 1 aromatic carbocycles. The van der Waals surface area contributed by atoms with Crippen molar-refractivity contribution in [2.45, 2.75) is 0 Å². The molecule has 0 saturated heterocycles. The van der Waals surface area contributed by atoms with E-state index in [1.807, 2.05) is 0 Å². The summed E-state index contributed by atoms with van der Waals surface area (Å²) in [6.07, 6.45) is 2.12. The fraction of sp³-hybridized carbons (Fsp3) is 0. The minimum absolute atomic E-state index is 0.302. The Kier molecular flexibility index (Phi) is 3.14. The van der Waals surface area contributed by atoms with Gasteiger partial charge in [-0.2, -0.15) is 12.6 Å². The summed E-state index contributed by atoms with van der Waals surface area (Å²) in [6, 6.07) is 5.75. The summed E-state index contributed by atoms with van der Waals surface area (Å²) in [4.78, 5) is 7.57. The highest BCUT2D eigenvalue weighted by Gasteiger charge is 2.13. The number of hydrogen-bond acceptors (Lipinski definition) is 3. The predicted octanol–water partition coefficient (Wildman–Crippen LogP) is 2.61. The number of hydrogen-bond donors (Lipinski definition) is 1. The van der Waals surface area contributed by atoms with Crippen molar-refractivity contribution < 1.29 is 8.78 Å². The minimum Gasteiger partial charge on any atom is -0.236 e. The zero-order valence-corrected chi connectivity index (χ0v) is 8.96. The first-order chi connectivity index (χ1) is 7.66. The Labute approximate surface area is 96.8 Å². The number of nitrogens with zero attached hydrogens (tertiary/aromatic N) is 2. The molecule has 0 bridgehead atoms. The highest BCUT2D eigenvalue weighted by atomic mass is 32.1. The third kappa shape index (κ3) is 2.36. The van der Waals surface area contributed by atoms with Crippen LogP contribution in [-0.2, 0) is 0 Å². The van der Waals surface area contributed by atoms with Gasteiger partial charge in [0.2, 0.25) is 0 Å². The lowest BCUT2D eigenvalue weighted by Gasteiger charge is -2.07. The third-order valence-corrected chi connectivity index (χ3v) is 2.41. The Hall–Kier alpha value is -1.49. The SMILES string of the molecule is Fc1ccc([C](S)c2ncc(F)cn2)cc1. The van der Waals surface area contributed by atoms with Crippen LogP contribution in [0.2, 0.25) is 0 Å². The van der Waals surface area contributed by atoms with Gasteiger partial charge < -0.3 is 0 Å². The standard InChI is InChI=1S/C11H7F2N2S/c12-8-3-1-7(2-4-8)10(16)11-14-5-9(13)6-15-11/h1-6,16H. The van der Waals surface area contributed by atoms with E-state index in [9.17, 15) is 8.78 Å². The molecule has 5 heteroatoms. The van der Waals surface area contributed by atoms with E-state index < -0.39 is 5.82 Å². The van der Waals surface area contributed by atoms with Gasteiger partial charge in [-0.05, 0) is 17.7 Å². The van der Waals surface area contributed by atoms with Gasteiger partial charge in [-0.3, -0.25) is 0 Å². The average molecular weight is 237 g/mol. The third-order valence-electron chi connectivity index (χ3n) is 1.95. The summed E-state index contributed by atoms with van der Waals surface area (Å²) in [6.45, 7) is 0. The molecule has 0 atom stereocenters. The lowest BCUT2D eigenvalue weighted by molar-refractivity contribution is 0.611. The second-order valence-corrected chi connectivity index (χ2v) is 3.53. The quantitative estimate of drug-likeness (QED) is 0.812. The molecule has 1 aromatic heterocycles. The average Bonchev–Trinajstić information content (AvgIpc) is 2.30. The number of benzene rings is 1. The van der Waals surface area contributed by atoms with Gasteiger partial charge in [0.05, 0.1) is 12.4 Å². The molecular formula is C11H7F2N2S. The van der Waals surface area contributed by atoms with Crippen molar-refractivity contribution in [1.29, 1.82) is 0 Å². The largest absolute Gasteiger partial charge is 0.236 e. The van der Waals surface area contributed by atoms with Crippen molar-refractivity contribution in [3.8, 4) is 0 Å². The lowest BCUT2D eigenvalue weighted by Crippen LogP contribution is -2.01. The monoisotopic (exact) mass is 237 g/mol. The molecule has 0 N–H and O–H groups in total. The topological polar surface area (TPSA) is 25.8 Å². The van der Waals surface area contributed by atoms with E-state index in [0.717, 1.165) is 12.4 Å². The number of rotatable bonds is 2. The van der Waals surface area contributed by atoms with Crippen LogP contribution in [0.25, 0.3) is 0 Å². The van der Waals surface area contributed by atoms with Crippen LogP contribution in [-0.4, -0.2) is 9.97 Å². The maximum Gasteiger partial charge on any atom is 0.159 e. The maximum absolute atomic E-state index is 12.7. The number of aromatic nitrogens is 2. The molecule has 16 heavy (non-hydrogen) atoms. The van der Waals surface area contributed by atoms with Gasteiger partial charge >= 0.3 is 0 Å². The van der Waals surface area contributed by atoms with E-state index in [4.69, 9.17) is 0 Å². The Bertz CT molecular complexity index is 425. The highest BCUT2D eigenvalue weighted by molar-refractivity contribution is 7.84. The Morgan fingerprint density at radius 3 is 2.06 bits per heavy atom. The van der Waals surface area contributed by atoms with Crippen molar-refractivity contribution in [3.05, 3.63) is 64.9 Å². The van der Waals surface area contributed by atoms with Crippen molar-refractivity contribution in [2.75, 3.05) is 0 Å². The molecule has 0 saturated carbocycles. The van der Waals surface area contributed by atoms with Crippen LogP contribution >= 0.6 is 12.6 Å². The summed E-state index contributed by atoms with van der Waals surface area (Å²) in [5, 5.41) is 0.472. The molecule has 0 amide bonds. The lowest BCUT2D eigenvalue weighted by atomic mass is 10.1. The van der Waals surface area contributed by atoms with Crippen LogP contribution in [0, 0.1) is 16.9 Å². The van der Waals surface area contributed by atoms with Gasteiger partial charge in [-0.15, -0.1) is 0 Å². The van der Waals surface area contributed by atoms with Crippen LogP contribution < -0.4 is 0 Å². The molecule has 0 spiro atoms. The van der Waals surface area contributed by atoms with E-state index in [1.165, 1.54) is 12.1 Å². The van der Waals surface area contributed by atoms with E-state index in [2.05, 4.69) is 22.6 Å². The summed E-state index contributed by atoms with van der Waals surface area (Å²) < 4.78 is 25.3. The smallest absolute Gasteiger partial charge is 0.159 e. The van der Waals surface area contributed by atoms with Crippen molar-refractivity contribution in [1.82, 2.24) is 9.97 Å². The molecule has 0 aliphatic carbocycles. The van der Waals surface area contributed by atoms with Gasteiger partial charge in [0.1, 0.15) is 11.1 Å². The molecule has 0 unspecified atom stereocenters. The van der Waals surface area contributed by atoms with E-state index >= 15 is 0 Å². The van der Waals surface area contributed by atoms with Gasteiger partial charge in [0.15, 0.2) is 11.6 Å². The van der Waals surface area contributed by atoms with E-state index in [0.29, 0.717) is 16.6 Å². The van der Waals surface area contributed by atoms with Crippen molar-refractivity contribution in [3.63, 3.8) is 0 Å². The molecule has 81 valence electrons. The first-order valence-corrected chi connectivity index (χ1v) is 4.91. The number of halogens is 2. The first kappa shape index (κ1) is 11.0. The zero-order chi connectivity index (χ0) is 11.5. The molecule has 0 aliphatic rings. The summed E-state index contributed by atoms with van der Waals surface area (Å²) in [5.41, 5.74) is 0.677. The van der Waals surface area contributed by atoms with Crippen molar-refractivity contribution >= 4 is 12.6 Å². The maximum atomic E-state index is 12.7. The van der Waals surface area contributed by atoms with Gasteiger partial charge in [-0.1, -0.05) is 12.1 Å². The molecule has 0 aliphatic heterocycles. The molecule has 2 rings (SSSR count). The van der Waals surface area contributed by atoms with Gasteiger partial charge in [0, 0.05) is 0 Å². The molecule has 1 radical (unpaired) electrons. The van der Waals surface area contributed by atoms with Crippen LogP contribution in [0.15, 0.2) is 36.7 Å². The zero-order valence-electron chi connectivity index (χ0n) is 8.06. The second-order valence-electron chi connectivity index (χ2n) is 3.08. The fourth-order valence-electron chi connectivity index (χ4n) is 1.17. The van der Waals surface area contributed by atoms with E-state index in [1.54, 1.807) is 12.1 Å². The van der Waals surface area contributed by atoms with Gasteiger partial charge in [-0.25, -0.2) is 18.7 Å². The summed E-state index contributed by atoms with van der Waals surface area (Å²) >= 11 is 4.22. The molecule has 2 aromatic rings. The minimum atomic E-state index is -0.510. The Morgan fingerprint density at radius 1 is 0.938 bits per heavy atom. The second kappa shape index (κ2) is 4.57. The molecule has 0 fully saturated rings. The van der Waals surface area contributed by atoms with Crippen LogP contribution in [0.5, 0.6) is 0 Å². The van der Waals surface area contributed by atoms with Crippen LogP contribution in [0.3, 0.4) is 0 Å². The number of thiol groups is 1. The Balaban J connectivity index is 2.28. The van der Waals surface area contributed by atoms with E-state index in [-0.39, 0.29) is 5.82 Å². The summed E-state index contributed by atoms with van der Waals surface area (Å²) in [7, 11) is 0. The van der Waals surface area contributed by atoms with Crippen LogP contribution in [0.1, 0.15) is 11.4 Å². The van der Waals surface area contributed by atoms with Crippen molar-refractivity contribution in [2.24, 2.45) is 0 Å². The normalized spacial score (nSPS) is 10.8. The molecule has 2 nitrogen and oxygen atoms in total. The molecular weight excluding hydrogens is 230 g/mol. The predicted molar refractivity (Wildman–Crippen MR) is 58.8 cm³/mol. The Morgan fingerprint density at radius 2 is 1.50 bits per heavy atom. The first-order valence-electron chi connectivity index (χ1n) is 4.46.